The van der Waals surface area contributed by atoms with Crippen LogP contribution in [-0.2, 0) is 14.3 Å². The van der Waals surface area contributed by atoms with E-state index in [1.807, 2.05) is 13.8 Å². The van der Waals surface area contributed by atoms with Crippen molar-refractivity contribution in [2.45, 2.75) is 44.3 Å². The van der Waals surface area contributed by atoms with Gasteiger partial charge in [-0.25, -0.2) is 14.5 Å². The molecule has 0 unspecified atom stereocenters. The zero-order chi connectivity index (χ0) is 22.7. The van der Waals surface area contributed by atoms with Gasteiger partial charge in [0, 0.05) is 11.9 Å². The van der Waals surface area contributed by atoms with Crippen LogP contribution in [0.25, 0.3) is 0 Å². The van der Waals surface area contributed by atoms with E-state index in [4.69, 9.17) is 0 Å². The predicted octanol–water partition coefficient (Wildman–Crippen LogP) is 3.86. The van der Waals surface area contributed by atoms with Gasteiger partial charge in [0.05, 0.1) is 18.8 Å². The molecule has 0 fully saturated rings. The number of rotatable bonds is 5. The molecule has 1 aliphatic heterocycles. The number of nitrogens with zero attached hydrogens (tertiary/aromatic N) is 2. The van der Waals surface area contributed by atoms with Crippen molar-refractivity contribution >= 4 is 34.6 Å². The van der Waals surface area contributed by atoms with Crippen molar-refractivity contribution in [1.82, 2.24) is 5.32 Å². The maximum atomic E-state index is 13.8. The first-order valence-electron chi connectivity index (χ1n) is 9.08. The van der Waals surface area contributed by atoms with Crippen LogP contribution in [-0.4, -0.2) is 54.1 Å². The molecule has 1 atom stereocenters. The van der Waals surface area contributed by atoms with Gasteiger partial charge in [-0.1, -0.05) is 23.9 Å². The van der Waals surface area contributed by atoms with Crippen LogP contribution in [0.5, 0.6) is 0 Å². The van der Waals surface area contributed by atoms with Gasteiger partial charge in [0.15, 0.2) is 5.17 Å². The third-order valence-electron chi connectivity index (χ3n) is 4.17. The summed E-state index contributed by atoms with van der Waals surface area (Å²) in [6, 6.07) is 5.40. The summed E-state index contributed by atoms with van der Waals surface area (Å²) >= 11 is 1.24. The third-order valence-corrected chi connectivity index (χ3v) is 5.34. The summed E-state index contributed by atoms with van der Waals surface area (Å²) in [5, 5.41) is 1.91. The van der Waals surface area contributed by atoms with Crippen molar-refractivity contribution in [2.24, 2.45) is 4.99 Å². The molecule has 0 saturated carbocycles. The highest BCUT2D eigenvalue weighted by atomic mass is 32.2. The number of ether oxygens (including phenoxy) is 2. The minimum Gasteiger partial charge on any atom is -0.462 e. The quantitative estimate of drug-likeness (QED) is 0.548. The van der Waals surface area contributed by atoms with Gasteiger partial charge in [0.1, 0.15) is 0 Å². The molecule has 1 aromatic carbocycles. The molecule has 0 saturated heterocycles. The van der Waals surface area contributed by atoms with Crippen molar-refractivity contribution in [3.8, 4) is 0 Å². The fourth-order valence-corrected chi connectivity index (χ4v) is 3.73. The summed E-state index contributed by atoms with van der Waals surface area (Å²) in [5.74, 6) is -1.76. The lowest BCUT2D eigenvalue weighted by molar-refractivity contribution is -0.276. The number of urea groups is 1. The van der Waals surface area contributed by atoms with Crippen LogP contribution in [0.4, 0.5) is 23.7 Å². The first-order chi connectivity index (χ1) is 13.9. The first-order valence-corrected chi connectivity index (χ1v) is 9.90. The number of hydrogen-bond acceptors (Lipinski definition) is 6. The minimum atomic E-state index is -5.27. The van der Waals surface area contributed by atoms with Gasteiger partial charge in [0.25, 0.3) is 0 Å². The molecule has 1 aliphatic rings. The molecule has 1 N–H and O–H groups in total. The number of alkyl halides is 3. The molecule has 0 radical (unpaired) electrons. The second-order valence-corrected chi connectivity index (χ2v) is 8.84. The number of carbonyl (C=O) groups excluding carboxylic acids is 2. The predicted molar refractivity (Wildman–Crippen MR) is 109 cm³/mol. The van der Waals surface area contributed by atoms with Crippen LogP contribution in [0.1, 0.15) is 26.3 Å². The van der Waals surface area contributed by atoms with E-state index in [0.29, 0.717) is 19.3 Å². The highest BCUT2D eigenvalue weighted by Gasteiger charge is 2.65. The lowest BCUT2D eigenvalue weighted by atomic mass is 10.2. The molecule has 0 aliphatic carbocycles. The normalized spacial score (nSPS) is 17.7. The average Bonchev–Trinajstić information content (AvgIpc) is 2.98. The smallest absolute Gasteiger partial charge is 0.448 e. The summed E-state index contributed by atoms with van der Waals surface area (Å²) in [5.41, 5.74) is -2.58. The van der Waals surface area contributed by atoms with Crippen LogP contribution in [0.2, 0.25) is 0 Å². The standard InChI is InChI=1S/C19H24F3N3O4S/c1-6-29-14(26)18(28-5,19(20,21)22)24-15(27)25(13-9-7-8-12(2)10-13)16-23-11-17(3,4)30-16/h7-10H,6,11H2,1-5H3,(H,24,27)/t18-/m1/s1. The summed E-state index contributed by atoms with van der Waals surface area (Å²) in [7, 11) is 0.673. The number of thioether (sulfide) groups is 1. The van der Waals surface area contributed by atoms with E-state index in [0.717, 1.165) is 10.5 Å². The highest BCUT2D eigenvalue weighted by Crippen LogP contribution is 2.37. The van der Waals surface area contributed by atoms with E-state index in [1.54, 1.807) is 36.5 Å². The van der Waals surface area contributed by atoms with E-state index in [2.05, 4.69) is 14.5 Å². The first kappa shape index (κ1) is 24.0. The molecule has 11 heteroatoms. The molecule has 2 rings (SSSR count). The Morgan fingerprint density at radius 3 is 2.47 bits per heavy atom. The zero-order valence-corrected chi connectivity index (χ0v) is 18.1. The van der Waals surface area contributed by atoms with Gasteiger partial charge in [-0.2, -0.15) is 13.2 Å². The van der Waals surface area contributed by atoms with Crippen molar-refractivity contribution in [3.63, 3.8) is 0 Å². The van der Waals surface area contributed by atoms with Crippen LogP contribution in [0.3, 0.4) is 0 Å². The Bertz CT molecular complexity index is 845. The van der Waals surface area contributed by atoms with Crippen LogP contribution in [0, 0.1) is 6.92 Å². The second-order valence-electron chi connectivity index (χ2n) is 7.17. The Morgan fingerprint density at radius 2 is 2.00 bits per heavy atom. The van der Waals surface area contributed by atoms with Crippen molar-refractivity contribution in [1.29, 1.82) is 0 Å². The number of hydrogen-bond donors (Lipinski definition) is 1. The monoisotopic (exact) mass is 447 g/mol. The second kappa shape index (κ2) is 8.84. The molecule has 0 spiro atoms. The molecule has 1 heterocycles. The fourth-order valence-electron chi connectivity index (χ4n) is 2.69. The summed E-state index contributed by atoms with van der Waals surface area (Å²) in [4.78, 5) is 30.6. The number of carbonyl (C=O) groups is 2. The topological polar surface area (TPSA) is 80.2 Å². The van der Waals surface area contributed by atoms with E-state index < -0.39 is 23.9 Å². The van der Waals surface area contributed by atoms with Crippen molar-refractivity contribution in [2.75, 3.05) is 25.2 Å². The molecular formula is C19H24F3N3O4S. The number of methoxy groups -OCH3 is 1. The van der Waals surface area contributed by atoms with E-state index in [9.17, 15) is 22.8 Å². The molecule has 7 nitrogen and oxygen atoms in total. The Hall–Kier alpha value is -2.27. The van der Waals surface area contributed by atoms with Gasteiger partial charge < -0.3 is 9.47 Å². The van der Waals surface area contributed by atoms with Crippen molar-refractivity contribution < 1.29 is 32.2 Å². The molecule has 2 amide bonds. The molecule has 1 aromatic rings. The molecule has 166 valence electrons. The Balaban J connectivity index is 2.50. The number of nitrogens with one attached hydrogen (secondary N) is 1. The summed E-state index contributed by atoms with van der Waals surface area (Å²) < 4.78 is 50.2. The van der Waals surface area contributed by atoms with Crippen LogP contribution < -0.4 is 10.2 Å². The number of anilines is 1. The zero-order valence-electron chi connectivity index (χ0n) is 17.3. The summed E-state index contributed by atoms with van der Waals surface area (Å²) in [6.07, 6.45) is -5.27. The summed E-state index contributed by atoms with van der Waals surface area (Å²) in [6.45, 7) is 6.97. The Kier molecular flexibility index (Phi) is 7.08. The van der Waals surface area contributed by atoms with Crippen LogP contribution >= 0.6 is 11.8 Å². The number of halogens is 3. The molecule has 0 bridgehead atoms. The molecule has 0 aromatic heterocycles. The third kappa shape index (κ3) is 4.89. The largest absolute Gasteiger partial charge is 0.462 e. The number of amidine groups is 1. The number of aryl methyl sites for hydroxylation is 1. The van der Waals surface area contributed by atoms with Crippen molar-refractivity contribution in [3.05, 3.63) is 29.8 Å². The minimum absolute atomic E-state index is 0.208. The number of aliphatic imine (C=N–C) groups is 1. The van der Waals surface area contributed by atoms with Gasteiger partial charge in [-0.05, 0) is 45.4 Å². The van der Waals surface area contributed by atoms with Gasteiger partial charge in [-0.3, -0.25) is 10.3 Å². The fraction of sp³-hybridized carbons (Fsp3) is 0.526. The van der Waals surface area contributed by atoms with E-state index in [1.165, 1.54) is 18.7 Å². The molecular weight excluding hydrogens is 423 g/mol. The highest BCUT2D eigenvalue weighted by molar-refractivity contribution is 8.15. The maximum Gasteiger partial charge on any atom is 0.448 e. The maximum absolute atomic E-state index is 13.8. The van der Waals surface area contributed by atoms with E-state index in [-0.39, 0.29) is 16.5 Å². The SMILES string of the molecule is CCOC(=O)[C@@](NC(=O)N(C1=NCC(C)(C)S1)c1cccc(C)c1)(OC)C(F)(F)F. The molecule has 30 heavy (non-hydrogen) atoms. The number of esters is 1. The number of benzene rings is 1. The Labute approximate surface area is 177 Å². The lowest BCUT2D eigenvalue weighted by Gasteiger charge is -2.34. The van der Waals surface area contributed by atoms with Gasteiger partial charge in [-0.15, -0.1) is 0 Å². The average molecular weight is 447 g/mol. The van der Waals surface area contributed by atoms with Gasteiger partial charge in [0.2, 0.25) is 0 Å². The lowest BCUT2D eigenvalue weighted by Crippen LogP contribution is -2.68. The number of amides is 2. The van der Waals surface area contributed by atoms with Gasteiger partial charge >= 0.3 is 23.9 Å². The van der Waals surface area contributed by atoms with Crippen LogP contribution in [0.15, 0.2) is 29.3 Å². The van der Waals surface area contributed by atoms with E-state index >= 15 is 0 Å². The Morgan fingerprint density at radius 1 is 1.33 bits per heavy atom.